The van der Waals surface area contributed by atoms with Gasteiger partial charge in [0.1, 0.15) is 37.8 Å². The second kappa shape index (κ2) is 25.0. The molecule has 1 aromatic heterocycles. The molecule has 0 spiro atoms. The summed E-state index contributed by atoms with van der Waals surface area (Å²) in [5.41, 5.74) is 3.44. The molecule has 7 amide bonds. The average Bonchev–Trinajstić information content (AvgIpc) is 2.57. The lowest BCUT2D eigenvalue weighted by molar-refractivity contribution is -0.172. The SMILES string of the molecule is CC[C@@]1(O)C(=O)OC(=O)C2=C1C=C1c3nc4cc(F)c(C)c5c4c(c3CN1C2)[C@@H](NC(=O)COCN(CCN(C)C)C(=O)OCc1ccc(NC(=O)[C@H](C)NC(=O)[C@@H](NC(=O)CCCCCN2C(=O)CC(C)C2=O)C(C)C)cc1)CC5. The first-order valence-corrected chi connectivity index (χ1v) is 27.6. The first-order chi connectivity index (χ1) is 38.5. The second-order valence-corrected chi connectivity index (χ2v) is 22.1. The molecule has 22 nitrogen and oxygen atoms in total. The van der Waals surface area contributed by atoms with Gasteiger partial charge in [-0.25, -0.2) is 23.8 Å². The van der Waals surface area contributed by atoms with Gasteiger partial charge in [0, 0.05) is 73.2 Å². The summed E-state index contributed by atoms with van der Waals surface area (Å²) in [6.07, 6.45) is 3.79. The van der Waals surface area contributed by atoms with Gasteiger partial charge in [0.05, 0.1) is 35.1 Å². The summed E-state index contributed by atoms with van der Waals surface area (Å²) in [5, 5.41) is 23.5. The molecule has 0 saturated carbocycles. The van der Waals surface area contributed by atoms with Gasteiger partial charge in [-0.05, 0) is 106 Å². The topological polar surface area (TPSA) is 276 Å². The number of pyridine rings is 1. The molecule has 8 rings (SSSR count). The van der Waals surface area contributed by atoms with E-state index in [2.05, 4.69) is 21.3 Å². The van der Waals surface area contributed by atoms with Gasteiger partial charge in [-0.15, -0.1) is 0 Å². The number of amides is 7. The number of nitrogens with zero attached hydrogens (tertiary/aromatic N) is 5. The number of anilines is 1. The molecular formula is C58H72FN9O13. The fourth-order valence-corrected chi connectivity index (χ4v) is 10.9. The van der Waals surface area contributed by atoms with Crippen LogP contribution in [0, 0.1) is 24.6 Å². The van der Waals surface area contributed by atoms with Crippen molar-refractivity contribution < 1.29 is 66.9 Å². The summed E-state index contributed by atoms with van der Waals surface area (Å²) in [4.78, 5) is 128. The molecule has 81 heavy (non-hydrogen) atoms. The Balaban J connectivity index is 0.823. The third-order valence-corrected chi connectivity index (χ3v) is 15.6. The first kappa shape index (κ1) is 59.5. The largest absolute Gasteiger partial charge is 0.444 e. The van der Waals surface area contributed by atoms with Gasteiger partial charge in [-0.3, -0.25) is 38.6 Å². The highest BCUT2D eigenvalue weighted by Gasteiger charge is 2.50. The Kier molecular flexibility index (Phi) is 18.4. The standard InChI is InChI=1S/C58H72FN9O13/c1-9-58(78)40-24-44-51-39(27-67(44)26-38(40)55(75)81-56(58)76)49-42(19-18-37-33(5)41(59)25-43(63-51)48(37)49)62-46(70)29-79-30-66(22-21-65(7)8)57(77)80-28-35-14-16-36(17-15-35)61-52(72)34(6)60-53(73)50(31(2)3)64-45(69)13-11-10-12-20-68-47(71)23-32(4)54(68)74/h14-17,24-25,31-32,34,42,50,78H,9-13,18-23,26-30H2,1-8H3,(H,60,73)(H,61,72)(H,62,70)(H,64,69)/t32?,34-,42-,50-,58-/m0/s1. The smallest absolute Gasteiger partial charge is 0.411 e. The number of likely N-dealkylation sites (tertiary alicyclic amines) is 1. The fraction of sp³-hybridized carbons (Fsp3) is 0.517. The van der Waals surface area contributed by atoms with E-state index in [4.69, 9.17) is 19.2 Å². The van der Waals surface area contributed by atoms with Crippen LogP contribution in [0.15, 0.2) is 47.6 Å². The van der Waals surface area contributed by atoms with Gasteiger partial charge in [0.15, 0.2) is 5.60 Å². The van der Waals surface area contributed by atoms with E-state index < -0.39 is 71.9 Å². The first-order valence-electron chi connectivity index (χ1n) is 27.6. The number of carbonyl (C=O) groups is 9. The Morgan fingerprint density at radius 3 is 2.38 bits per heavy atom. The Hall–Kier alpha value is -7.63. The van der Waals surface area contributed by atoms with Gasteiger partial charge in [0.2, 0.25) is 35.4 Å². The Morgan fingerprint density at radius 1 is 0.963 bits per heavy atom. The van der Waals surface area contributed by atoms with Crippen LogP contribution in [0.3, 0.4) is 0 Å². The van der Waals surface area contributed by atoms with E-state index >= 15 is 4.39 Å². The van der Waals surface area contributed by atoms with Crippen molar-refractivity contribution in [3.63, 3.8) is 0 Å². The summed E-state index contributed by atoms with van der Waals surface area (Å²) < 4.78 is 31.9. The molecule has 0 radical (unpaired) electrons. The summed E-state index contributed by atoms with van der Waals surface area (Å²) >= 11 is 0. The van der Waals surface area contributed by atoms with Crippen LogP contribution in [0.4, 0.5) is 14.9 Å². The Morgan fingerprint density at radius 2 is 1.70 bits per heavy atom. The third-order valence-electron chi connectivity index (χ3n) is 15.6. The number of nitrogens with one attached hydrogen (secondary N) is 4. The average molecular weight is 1120 g/mol. The molecule has 1 aliphatic carbocycles. The number of aryl methyl sites for hydroxylation is 1. The van der Waals surface area contributed by atoms with E-state index in [1.165, 1.54) is 22.8 Å². The molecule has 1 saturated heterocycles. The minimum absolute atomic E-state index is 0.0299. The number of cyclic esters (lactones) is 2. The number of esters is 2. The van der Waals surface area contributed by atoms with Gasteiger partial charge in [-0.1, -0.05) is 46.2 Å². The molecular weight excluding hydrogens is 1050 g/mol. The zero-order valence-corrected chi connectivity index (χ0v) is 47.1. The number of rotatable bonds is 23. The van der Waals surface area contributed by atoms with E-state index in [1.54, 1.807) is 65.0 Å². The van der Waals surface area contributed by atoms with Gasteiger partial charge in [0.25, 0.3) is 0 Å². The van der Waals surface area contributed by atoms with Crippen LogP contribution < -0.4 is 21.3 Å². The van der Waals surface area contributed by atoms with Crippen LogP contribution in [-0.4, -0.2) is 154 Å². The Bertz CT molecular complexity index is 3110. The number of likely N-dealkylation sites (N-methyl/N-ethyl adjacent to an activating group) is 1. The quantitative estimate of drug-likeness (QED) is 0.0293. The van der Waals surface area contributed by atoms with Crippen LogP contribution in [0.1, 0.15) is 119 Å². The second-order valence-electron chi connectivity index (χ2n) is 22.1. The molecule has 1 unspecified atom stereocenters. The number of aliphatic hydroxyl groups is 1. The van der Waals surface area contributed by atoms with E-state index in [-0.39, 0.29) is 92.9 Å². The van der Waals surface area contributed by atoms with Crippen LogP contribution in [0.25, 0.3) is 16.6 Å². The highest BCUT2D eigenvalue weighted by atomic mass is 19.1. The summed E-state index contributed by atoms with van der Waals surface area (Å²) in [6, 6.07) is 5.51. The van der Waals surface area contributed by atoms with Gasteiger partial charge < -0.3 is 50.4 Å². The highest BCUT2D eigenvalue weighted by molar-refractivity contribution is 6.08. The van der Waals surface area contributed by atoms with E-state index in [0.29, 0.717) is 78.9 Å². The molecule has 2 aromatic carbocycles. The number of hydrogen-bond donors (Lipinski definition) is 5. The molecule has 3 aromatic rings. The highest BCUT2D eigenvalue weighted by Crippen LogP contribution is 2.48. The van der Waals surface area contributed by atoms with Crippen molar-refractivity contribution in [2.24, 2.45) is 11.8 Å². The molecule has 4 aliphatic heterocycles. The number of ether oxygens (including phenoxy) is 3. The van der Waals surface area contributed by atoms with Crippen molar-refractivity contribution in [3.05, 3.63) is 86.9 Å². The maximum absolute atomic E-state index is 15.5. The van der Waals surface area contributed by atoms with Crippen LogP contribution >= 0.6 is 0 Å². The molecule has 5 aliphatic rings. The third kappa shape index (κ3) is 12.9. The lowest BCUT2D eigenvalue weighted by Crippen LogP contribution is -2.53. The number of benzene rings is 2. The lowest BCUT2D eigenvalue weighted by Gasteiger charge is -2.36. The zero-order chi connectivity index (χ0) is 58.6. The predicted octanol–water partition coefficient (Wildman–Crippen LogP) is 4.19. The minimum atomic E-state index is -2.04. The van der Waals surface area contributed by atoms with E-state index in [0.717, 1.165) is 22.1 Å². The number of carbonyl (C=O) groups excluding carboxylic acids is 9. The number of fused-ring (bicyclic) bond motifs is 4. The maximum Gasteiger partial charge on any atom is 0.411 e. The van der Waals surface area contributed by atoms with E-state index in [9.17, 15) is 48.3 Å². The normalized spacial score (nSPS) is 19.9. The van der Waals surface area contributed by atoms with Crippen molar-refractivity contribution in [2.75, 3.05) is 58.9 Å². The van der Waals surface area contributed by atoms with Crippen molar-refractivity contribution >= 4 is 75.8 Å². The number of hydrogen-bond acceptors (Lipinski definition) is 16. The van der Waals surface area contributed by atoms with Gasteiger partial charge in [-0.2, -0.15) is 0 Å². The summed E-state index contributed by atoms with van der Waals surface area (Å²) in [5.74, 6) is -5.08. The number of imide groups is 1. The number of halogens is 1. The lowest BCUT2D eigenvalue weighted by atomic mass is 9.81. The predicted molar refractivity (Wildman–Crippen MR) is 292 cm³/mol. The fourth-order valence-electron chi connectivity index (χ4n) is 10.9. The summed E-state index contributed by atoms with van der Waals surface area (Å²) in [7, 11) is 3.68. The monoisotopic (exact) mass is 1120 g/mol. The van der Waals surface area contributed by atoms with Crippen molar-refractivity contribution in [1.29, 1.82) is 0 Å². The van der Waals surface area contributed by atoms with Crippen molar-refractivity contribution in [3.8, 4) is 0 Å². The molecule has 5 heterocycles. The van der Waals surface area contributed by atoms with Crippen LogP contribution in [-0.2, 0) is 72.1 Å². The van der Waals surface area contributed by atoms with E-state index in [1.807, 2.05) is 23.9 Å². The minimum Gasteiger partial charge on any atom is -0.444 e. The molecule has 23 heteroatoms. The maximum atomic E-state index is 15.5. The number of aromatic nitrogens is 1. The molecule has 434 valence electrons. The molecule has 5 atom stereocenters. The van der Waals surface area contributed by atoms with Crippen molar-refractivity contribution in [2.45, 2.75) is 130 Å². The number of unbranched alkanes of at least 4 members (excludes halogenated alkanes) is 2. The molecule has 0 bridgehead atoms. The van der Waals surface area contributed by atoms with Crippen LogP contribution in [0.5, 0.6) is 0 Å². The summed E-state index contributed by atoms with van der Waals surface area (Å²) in [6.45, 7) is 10.6. The van der Waals surface area contributed by atoms with Crippen LogP contribution in [0.2, 0.25) is 0 Å². The zero-order valence-electron chi connectivity index (χ0n) is 47.1. The van der Waals surface area contributed by atoms with Crippen molar-refractivity contribution in [1.82, 2.24) is 40.5 Å². The molecule has 5 N–H and O–H groups in total. The Labute approximate surface area is 469 Å². The molecule has 1 fully saturated rings. The van der Waals surface area contributed by atoms with Gasteiger partial charge >= 0.3 is 18.0 Å².